The maximum atomic E-state index is 11.9. The largest absolute Gasteiger partial charge is 0.497 e. The zero-order valence-corrected chi connectivity index (χ0v) is 15.6. The van der Waals surface area contributed by atoms with Gasteiger partial charge in [0.15, 0.2) is 5.16 Å². The molecule has 2 aromatic heterocycles. The number of imidazole rings is 1. The van der Waals surface area contributed by atoms with Gasteiger partial charge in [-0.15, -0.1) is 0 Å². The van der Waals surface area contributed by atoms with E-state index in [0.717, 1.165) is 38.5 Å². The number of fused-ring (bicyclic) bond motifs is 2. The Bertz CT molecular complexity index is 1180. The van der Waals surface area contributed by atoms with Crippen LogP contribution < -0.4 is 10.4 Å². The minimum atomic E-state index is -0.328. The first-order valence-electron chi connectivity index (χ1n) is 8.24. The highest BCUT2D eigenvalue weighted by Gasteiger charge is 2.10. The molecule has 0 unspecified atom stereocenters. The molecular weight excluding hydrogens is 348 g/mol. The summed E-state index contributed by atoms with van der Waals surface area (Å²) in [7, 11) is 1.64. The van der Waals surface area contributed by atoms with E-state index in [4.69, 9.17) is 9.15 Å². The fraction of sp³-hybridized carbons (Fsp3) is 0.200. The Kier molecular flexibility index (Phi) is 4.20. The van der Waals surface area contributed by atoms with Gasteiger partial charge in [-0.25, -0.2) is 9.78 Å². The smallest absolute Gasteiger partial charge is 0.336 e. The average molecular weight is 366 g/mol. The quantitative estimate of drug-likeness (QED) is 0.423. The highest BCUT2D eigenvalue weighted by Crippen LogP contribution is 2.28. The third-order valence-corrected chi connectivity index (χ3v) is 5.40. The Morgan fingerprint density at radius 3 is 2.77 bits per heavy atom. The SMILES string of the molecule is COc1ccc2nc(SCc3cc(=O)oc4cc(C)c(C)cc34)[nH]c2c1. The van der Waals surface area contributed by atoms with Crippen molar-refractivity contribution in [2.45, 2.75) is 24.8 Å². The maximum absolute atomic E-state index is 11.9. The van der Waals surface area contributed by atoms with Crippen LogP contribution in [-0.4, -0.2) is 17.1 Å². The van der Waals surface area contributed by atoms with Gasteiger partial charge in [0, 0.05) is 23.3 Å². The highest BCUT2D eigenvalue weighted by molar-refractivity contribution is 7.98. The van der Waals surface area contributed by atoms with Crippen LogP contribution >= 0.6 is 11.8 Å². The lowest BCUT2D eigenvalue weighted by Crippen LogP contribution is -2.00. The monoisotopic (exact) mass is 366 g/mol. The number of aryl methyl sites for hydroxylation is 2. The molecule has 0 bridgehead atoms. The van der Waals surface area contributed by atoms with Crippen molar-refractivity contribution in [3.8, 4) is 5.75 Å². The maximum Gasteiger partial charge on any atom is 0.336 e. The van der Waals surface area contributed by atoms with Crippen molar-refractivity contribution in [2.24, 2.45) is 0 Å². The summed E-state index contributed by atoms with van der Waals surface area (Å²) in [6, 6.07) is 11.3. The summed E-state index contributed by atoms with van der Waals surface area (Å²) in [6.45, 7) is 4.07. The lowest BCUT2D eigenvalue weighted by atomic mass is 10.0. The summed E-state index contributed by atoms with van der Waals surface area (Å²) >= 11 is 1.56. The van der Waals surface area contributed by atoms with E-state index in [1.165, 1.54) is 5.56 Å². The number of ether oxygens (including phenoxy) is 1. The van der Waals surface area contributed by atoms with Crippen molar-refractivity contribution in [3.05, 3.63) is 63.5 Å². The second kappa shape index (κ2) is 6.53. The molecule has 5 nitrogen and oxygen atoms in total. The molecule has 0 spiro atoms. The van der Waals surface area contributed by atoms with E-state index in [0.29, 0.717) is 11.3 Å². The molecule has 0 radical (unpaired) electrons. The van der Waals surface area contributed by atoms with Crippen LogP contribution in [0.15, 0.2) is 50.8 Å². The Balaban J connectivity index is 1.67. The van der Waals surface area contributed by atoms with Gasteiger partial charge in [-0.3, -0.25) is 0 Å². The Hall–Kier alpha value is -2.73. The third kappa shape index (κ3) is 3.08. The molecule has 2 aromatic carbocycles. The Morgan fingerprint density at radius 1 is 1.15 bits per heavy atom. The van der Waals surface area contributed by atoms with Crippen molar-refractivity contribution >= 4 is 33.8 Å². The number of methoxy groups -OCH3 is 1. The molecule has 0 amide bonds. The number of hydrogen-bond acceptors (Lipinski definition) is 5. The van der Waals surface area contributed by atoms with Gasteiger partial charge in [0.2, 0.25) is 0 Å². The average Bonchev–Trinajstić information content (AvgIpc) is 3.03. The van der Waals surface area contributed by atoms with Crippen molar-refractivity contribution < 1.29 is 9.15 Å². The Labute approximate surface area is 154 Å². The van der Waals surface area contributed by atoms with Crippen LogP contribution in [0.2, 0.25) is 0 Å². The van der Waals surface area contributed by atoms with E-state index in [-0.39, 0.29) is 5.63 Å². The molecule has 26 heavy (non-hydrogen) atoms. The topological polar surface area (TPSA) is 68.1 Å². The van der Waals surface area contributed by atoms with Crippen molar-refractivity contribution in [1.29, 1.82) is 0 Å². The molecule has 6 heteroatoms. The second-order valence-corrected chi connectivity index (χ2v) is 7.20. The van der Waals surface area contributed by atoms with E-state index >= 15 is 0 Å². The van der Waals surface area contributed by atoms with Crippen molar-refractivity contribution in [3.63, 3.8) is 0 Å². The zero-order chi connectivity index (χ0) is 18.3. The van der Waals surface area contributed by atoms with Gasteiger partial charge < -0.3 is 14.1 Å². The minimum Gasteiger partial charge on any atom is -0.497 e. The third-order valence-electron chi connectivity index (χ3n) is 4.48. The first kappa shape index (κ1) is 16.7. The van der Waals surface area contributed by atoms with Crippen LogP contribution in [0.3, 0.4) is 0 Å². The van der Waals surface area contributed by atoms with Gasteiger partial charge in [0.1, 0.15) is 11.3 Å². The number of nitrogens with one attached hydrogen (secondary N) is 1. The van der Waals surface area contributed by atoms with Gasteiger partial charge >= 0.3 is 5.63 Å². The molecule has 4 rings (SSSR count). The number of benzene rings is 2. The zero-order valence-electron chi connectivity index (χ0n) is 14.8. The first-order chi connectivity index (χ1) is 12.5. The number of H-pyrrole nitrogens is 1. The number of aromatic nitrogens is 2. The Morgan fingerprint density at radius 2 is 1.96 bits per heavy atom. The van der Waals surface area contributed by atoms with E-state index in [2.05, 4.69) is 23.0 Å². The number of thioether (sulfide) groups is 1. The van der Waals surface area contributed by atoms with Gasteiger partial charge in [-0.2, -0.15) is 0 Å². The van der Waals surface area contributed by atoms with E-state index in [1.54, 1.807) is 24.9 Å². The van der Waals surface area contributed by atoms with Crippen LogP contribution in [0.1, 0.15) is 16.7 Å². The number of aromatic amines is 1. The molecule has 0 saturated carbocycles. The molecule has 0 aliphatic heterocycles. The summed E-state index contributed by atoms with van der Waals surface area (Å²) in [5.74, 6) is 1.41. The molecule has 0 aliphatic rings. The highest BCUT2D eigenvalue weighted by atomic mass is 32.2. The lowest BCUT2D eigenvalue weighted by Gasteiger charge is -2.07. The van der Waals surface area contributed by atoms with E-state index in [1.807, 2.05) is 31.2 Å². The number of rotatable bonds is 4. The summed E-state index contributed by atoms with van der Waals surface area (Å²) in [4.78, 5) is 19.8. The predicted molar refractivity (Wildman–Crippen MR) is 104 cm³/mol. The van der Waals surface area contributed by atoms with E-state index < -0.39 is 0 Å². The lowest BCUT2D eigenvalue weighted by molar-refractivity contribution is 0.415. The molecule has 2 heterocycles. The predicted octanol–water partition coefficient (Wildman–Crippen LogP) is 4.59. The van der Waals surface area contributed by atoms with Crippen molar-refractivity contribution in [2.75, 3.05) is 7.11 Å². The van der Waals surface area contributed by atoms with Crippen LogP contribution in [0.4, 0.5) is 0 Å². The second-order valence-electron chi connectivity index (χ2n) is 6.24. The molecule has 132 valence electrons. The molecular formula is C20H18N2O3S. The van der Waals surface area contributed by atoms with Gasteiger partial charge in [-0.05, 0) is 54.8 Å². The van der Waals surface area contributed by atoms with Crippen LogP contribution in [-0.2, 0) is 5.75 Å². The summed E-state index contributed by atoms with van der Waals surface area (Å²) in [5.41, 5.74) is 5.34. The standard InChI is InChI=1S/C20H18N2O3S/c1-11-6-15-13(8-19(23)25-18(15)7-12(11)2)10-26-20-21-16-5-4-14(24-3)9-17(16)22-20/h4-9H,10H2,1-3H3,(H,21,22). The normalized spacial score (nSPS) is 11.3. The fourth-order valence-corrected chi connectivity index (χ4v) is 3.79. The van der Waals surface area contributed by atoms with Crippen LogP contribution in [0.25, 0.3) is 22.0 Å². The molecule has 0 atom stereocenters. The van der Waals surface area contributed by atoms with E-state index in [9.17, 15) is 4.79 Å². The van der Waals surface area contributed by atoms with Gasteiger partial charge in [0.25, 0.3) is 0 Å². The number of nitrogens with zero attached hydrogens (tertiary/aromatic N) is 1. The molecule has 0 fully saturated rings. The molecule has 0 saturated heterocycles. The molecule has 4 aromatic rings. The van der Waals surface area contributed by atoms with Crippen LogP contribution in [0, 0.1) is 13.8 Å². The van der Waals surface area contributed by atoms with Crippen molar-refractivity contribution in [1.82, 2.24) is 9.97 Å². The molecule has 0 aliphatic carbocycles. The summed E-state index contributed by atoms with van der Waals surface area (Å²) in [6.07, 6.45) is 0. The molecule has 1 N–H and O–H groups in total. The van der Waals surface area contributed by atoms with Crippen LogP contribution in [0.5, 0.6) is 5.75 Å². The number of hydrogen-bond donors (Lipinski definition) is 1. The van der Waals surface area contributed by atoms with Gasteiger partial charge in [0.05, 0.1) is 18.1 Å². The summed E-state index contributed by atoms with van der Waals surface area (Å²) in [5, 5.41) is 1.77. The van der Waals surface area contributed by atoms with Gasteiger partial charge in [-0.1, -0.05) is 11.8 Å². The first-order valence-corrected chi connectivity index (χ1v) is 9.22. The fourth-order valence-electron chi connectivity index (χ4n) is 2.91. The minimum absolute atomic E-state index is 0.328. The summed E-state index contributed by atoms with van der Waals surface area (Å²) < 4.78 is 10.6.